The summed E-state index contributed by atoms with van der Waals surface area (Å²) in [5, 5.41) is 10.6. The summed E-state index contributed by atoms with van der Waals surface area (Å²) in [7, 11) is 0. The van der Waals surface area contributed by atoms with Crippen molar-refractivity contribution in [1.29, 1.82) is 0 Å². The van der Waals surface area contributed by atoms with Crippen LogP contribution in [0.4, 0.5) is 0 Å². The summed E-state index contributed by atoms with van der Waals surface area (Å²) < 4.78 is 17.0. The van der Waals surface area contributed by atoms with E-state index in [-0.39, 0.29) is 17.1 Å². The molecule has 5 heteroatoms. The zero-order chi connectivity index (χ0) is 21.6. The lowest BCUT2D eigenvalue weighted by Crippen LogP contribution is -2.11. The number of hydrogen-bond acceptors (Lipinski definition) is 5. The van der Waals surface area contributed by atoms with E-state index in [1.165, 1.54) is 44.6 Å². The monoisotopic (exact) mass is 416 g/mol. The largest absolute Gasteiger partial charge is 0.504 e. The summed E-state index contributed by atoms with van der Waals surface area (Å²) in [5.74, 6) is 0.357. The fourth-order valence-electron chi connectivity index (χ4n) is 3.36. The molecule has 0 spiro atoms. The molecule has 1 aromatic heterocycles. The molecule has 0 aliphatic carbocycles. The molecule has 0 atom stereocenters. The molecule has 0 bridgehead atoms. The number of phenolic OH excluding ortho intramolecular Hbond substituents is 1. The quantitative estimate of drug-likeness (QED) is 0.197. The van der Waals surface area contributed by atoms with Crippen molar-refractivity contribution in [3.63, 3.8) is 0 Å². The summed E-state index contributed by atoms with van der Waals surface area (Å²) in [5.41, 5.74) is -0.499. The Kier molecular flexibility index (Phi) is 10.9. The highest BCUT2D eigenvalue weighted by atomic mass is 16.5. The third kappa shape index (κ3) is 7.43. The van der Waals surface area contributed by atoms with Gasteiger partial charge >= 0.3 is 5.63 Å². The first-order chi connectivity index (χ1) is 14.7. The van der Waals surface area contributed by atoms with Crippen molar-refractivity contribution in [2.45, 2.75) is 78.1 Å². The normalized spacial score (nSPS) is 11.4. The van der Waals surface area contributed by atoms with E-state index in [1.54, 1.807) is 12.1 Å². The van der Waals surface area contributed by atoms with E-state index >= 15 is 0 Å². The van der Waals surface area contributed by atoms with E-state index in [4.69, 9.17) is 13.9 Å². The van der Waals surface area contributed by atoms with Crippen LogP contribution in [0.25, 0.3) is 11.0 Å². The van der Waals surface area contributed by atoms with Crippen LogP contribution in [0.5, 0.6) is 17.2 Å². The molecule has 5 nitrogen and oxygen atoms in total. The van der Waals surface area contributed by atoms with E-state index in [0.717, 1.165) is 19.3 Å². The van der Waals surface area contributed by atoms with E-state index in [1.807, 2.05) is 6.08 Å². The van der Waals surface area contributed by atoms with Crippen molar-refractivity contribution >= 4 is 11.0 Å². The number of unbranched alkanes of at least 4 members (excludes halogenated alkanes) is 7. The number of ether oxygens (including phenoxy) is 2. The molecule has 166 valence electrons. The maximum atomic E-state index is 12.5. The van der Waals surface area contributed by atoms with Gasteiger partial charge < -0.3 is 19.0 Å². The van der Waals surface area contributed by atoms with Gasteiger partial charge in [0, 0.05) is 0 Å². The predicted octanol–water partition coefficient (Wildman–Crippen LogP) is 6.75. The van der Waals surface area contributed by atoms with Gasteiger partial charge in [-0.05, 0) is 31.4 Å². The average Bonchev–Trinajstić information content (AvgIpc) is 2.74. The van der Waals surface area contributed by atoms with Crippen molar-refractivity contribution in [2.75, 3.05) is 13.2 Å². The molecule has 0 saturated carbocycles. The third-order valence-corrected chi connectivity index (χ3v) is 5.00. The predicted molar refractivity (Wildman–Crippen MR) is 122 cm³/mol. The lowest BCUT2D eigenvalue weighted by molar-refractivity contribution is 0.257. The van der Waals surface area contributed by atoms with Crippen molar-refractivity contribution in [3.8, 4) is 17.2 Å². The van der Waals surface area contributed by atoms with Crippen LogP contribution < -0.4 is 15.1 Å². The number of rotatable bonds is 15. The van der Waals surface area contributed by atoms with Crippen LogP contribution in [0.2, 0.25) is 0 Å². The molecule has 0 unspecified atom stereocenters. The Balaban J connectivity index is 2.01. The van der Waals surface area contributed by atoms with Crippen LogP contribution >= 0.6 is 0 Å². The maximum Gasteiger partial charge on any atom is 0.383 e. The number of allylic oxidation sites excluding steroid dienone is 1. The molecular formula is C25H36O5. The molecule has 0 amide bonds. The van der Waals surface area contributed by atoms with Crippen molar-refractivity contribution in [1.82, 2.24) is 0 Å². The number of aromatic hydroxyl groups is 1. The Hall–Kier alpha value is -2.43. The summed E-state index contributed by atoms with van der Waals surface area (Å²) in [6.07, 6.45) is 15.4. The Morgan fingerprint density at radius 2 is 1.60 bits per heavy atom. The van der Waals surface area contributed by atoms with Crippen molar-refractivity contribution in [2.24, 2.45) is 0 Å². The van der Waals surface area contributed by atoms with E-state index < -0.39 is 5.63 Å². The zero-order valence-corrected chi connectivity index (χ0v) is 18.5. The van der Waals surface area contributed by atoms with Crippen LogP contribution in [0.1, 0.15) is 78.1 Å². The highest BCUT2D eigenvalue weighted by Gasteiger charge is 2.19. The maximum absolute atomic E-state index is 12.5. The lowest BCUT2D eigenvalue weighted by atomic mass is 10.1. The van der Waals surface area contributed by atoms with Gasteiger partial charge in [-0.15, -0.1) is 0 Å². The minimum absolute atomic E-state index is 0.0811. The Morgan fingerprint density at radius 3 is 2.33 bits per heavy atom. The second-order valence-corrected chi connectivity index (χ2v) is 7.54. The Bertz CT molecular complexity index is 837. The lowest BCUT2D eigenvalue weighted by Gasteiger charge is -2.14. The van der Waals surface area contributed by atoms with Crippen molar-refractivity contribution in [3.05, 3.63) is 40.8 Å². The average molecular weight is 417 g/mol. The second-order valence-electron chi connectivity index (χ2n) is 7.54. The molecule has 0 radical (unpaired) electrons. The smallest absolute Gasteiger partial charge is 0.383 e. The minimum atomic E-state index is -0.630. The first-order valence-corrected chi connectivity index (χ1v) is 11.4. The molecule has 1 aromatic carbocycles. The van der Waals surface area contributed by atoms with Crippen molar-refractivity contribution < 1.29 is 19.0 Å². The first kappa shape index (κ1) is 23.8. The SMILES string of the molecule is CC/C=C/CCOc1c(OCCCCCCCCCC)c2cccc(O)c2oc1=O. The highest BCUT2D eigenvalue weighted by molar-refractivity contribution is 5.89. The number of fused-ring (bicyclic) bond motifs is 1. The van der Waals surface area contributed by atoms with Gasteiger partial charge in [0.25, 0.3) is 0 Å². The molecule has 0 saturated heterocycles. The van der Waals surface area contributed by atoms with Gasteiger partial charge in [-0.3, -0.25) is 0 Å². The number of para-hydroxylation sites is 1. The van der Waals surface area contributed by atoms with E-state index in [9.17, 15) is 9.90 Å². The highest BCUT2D eigenvalue weighted by Crippen LogP contribution is 2.36. The summed E-state index contributed by atoms with van der Waals surface area (Å²) >= 11 is 0. The van der Waals surface area contributed by atoms with Gasteiger partial charge in [0.1, 0.15) is 0 Å². The standard InChI is InChI=1S/C25H36O5/c1-3-5-7-9-10-11-12-14-18-28-23-20-16-15-17-21(26)22(20)30-25(27)24(23)29-19-13-8-6-4-2/h6,8,15-17,26H,3-5,7,9-14,18-19H2,1-2H3/b8-6+. The first-order valence-electron chi connectivity index (χ1n) is 11.4. The number of benzene rings is 1. The van der Waals surface area contributed by atoms with Gasteiger partial charge in [-0.2, -0.15) is 0 Å². The van der Waals surface area contributed by atoms with Gasteiger partial charge in [0.2, 0.25) is 5.75 Å². The van der Waals surface area contributed by atoms with E-state index in [2.05, 4.69) is 19.9 Å². The molecule has 2 aromatic rings. The molecule has 30 heavy (non-hydrogen) atoms. The van der Waals surface area contributed by atoms with Crippen LogP contribution in [0, 0.1) is 0 Å². The van der Waals surface area contributed by atoms with Crippen LogP contribution in [0.15, 0.2) is 39.6 Å². The number of hydrogen-bond donors (Lipinski definition) is 1. The third-order valence-electron chi connectivity index (χ3n) is 5.00. The molecule has 0 aliphatic heterocycles. The van der Waals surface area contributed by atoms with Gasteiger partial charge in [-0.25, -0.2) is 4.79 Å². The molecular weight excluding hydrogens is 380 g/mol. The molecule has 1 N–H and O–H groups in total. The van der Waals surface area contributed by atoms with Gasteiger partial charge in [-0.1, -0.05) is 77.0 Å². The molecule has 0 fully saturated rings. The fourth-order valence-corrected chi connectivity index (χ4v) is 3.36. The van der Waals surface area contributed by atoms with Gasteiger partial charge in [0.15, 0.2) is 17.1 Å². The van der Waals surface area contributed by atoms with Crippen LogP contribution in [-0.4, -0.2) is 18.3 Å². The molecule has 1 heterocycles. The zero-order valence-electron chi connectivity index (χ0n) is 18.5. The molecule has 2 rings (SSSR count). The van der Waals surface area contributed by atoms with Crippen LogP contribution in [-0.2, 0) is 0 Å². The van der Waals surface area contributed by atoms with E-state index in [0.29, 0.717) is 30.8 Å². The van der Waals surface area contributed by atoms with Gasteiger partial charge in [0.05, 0.1) is 18.6 Å². The summed E-state index contributed by atoms with van der Waals surface area (Å²) in [6.45, 7) is 5.15. The second kappa shape index (κ2) is 13.7. The number of phenols is 1. The summed E-state index contributed by atoms with van der Waals surface area (Å²) in [6, 6.07) is 4.96. The summed E-state index contributed by atoms with van der Waals surface area (Å²) in [4.78, 5) is 12.5. The Morgan fingerprint density at radius 1 is 0.900 bits per heavy atom. The molecule has 0 aliphatic rings. The fraction of sp³-hybridized carbons (Fsp3) is 0.560. The van der Waals surface area contributed by atoms with Crippen LogP contribution in [0.3, 0.4) is 0 Å². The Labute approximate surface area is 179 Å². The topological polar surface area (TPSA) is 68.9 Å². The minimum Gasteiger partial charge on any atom is -0.504 e.